The van der Waals surface area contributed by atoms with Crippen LogP contribution in [0, 0.1) is 11.7 Å². The number of esters is 2. The molecule has 0 aromatic heterocycles. The van der Waals surface area contributed by atoms with E-state index in [0.717, 1.165) is 13.1 Å². The van der Waals surface area contributed by atoms with Gasteiger partial charge in [0, 0.05) is 5.56 Å². The number of carbonyl (C=O) groups is 2. The van der Waals surface area contributed by atoms with Crippen LogP contribution in [0.5, 0.6) is 0 Å². The summed E-state index contributed by atoms with van der Waals surface area (Å²) >= 11 is 0. The average Bonchev–Trinajstić information content (AvgIpc) is 2.50. The number of nitrogens with one attached hydrogen (secondary N) is 1. The van der Waals surface area contributed by atoms with Crippen LogP contribution in [0.1, 0.15) is 35.7 Å². The van der Waals surface area contributed by atoms with Crippen molar-refractivity contribution in [1.82, 2.24) is 5.32 Å². The molecule has 0 bridgehead atoms. The number of ether oxygens (including phenoxy) is 1. The van der Waals surface area contributed by atoms with Gasteiger partial charge in [-0.1, -0.05) is 6.92 Å². The average molecular weight is 294 g/mol. The lowest BCUT2D eigenvalue weighted by atomic mass is 9.98. The lowest BCUT2D eigenvalue weighted by molar-refractivity contribution is -0.143. The maximum atomic E-state index is 13.9. The number of hydrogen-bond donors (Lipinski definition) is 2. The maximum absolute atomic E-state index is 13.9. The molecule has 1 aliphatic rings. The molecule has 0 atom stereocenters. The molecule has 6 heteroatoms. The number of nitrogens with two attached hydrogens (primary N) is 1. The van der Waals surface area contributed by atoms with Gasteiger partial charge in [-0.25, -0.2) is 9.18 Å². The first-order chi connectivity index (χ1) is 10.0. The fraction of sp³-hybridized carbons (Fsp3) is 0.467. The lowest BCUT2D eigenvalue weighted by Gasteiger charge is -2.20. The zero-order valence-corrected chi connectivity index (χ0v) is 11.9. The van der Waals surface area contributed by atoms with E-state index in [1.165, 1.54) is 12.1 Å². The Balaban J connectivity index is 2.13. The molecule has 114 valence electrons. The molecule has 1 saturated heterocycles. The summed E-state index contributed by atoms with van der Waals surface area (Å²) in [5.41, 5.74) is 5.70. The van der Waals surface area contributed by atoms with E-state index < -0.39 is 17.8 Å². The molecule has 5 nitrogen and oxygen atoms in total. The zero-order chi connectivity index (χ0) is 15.4. The minimum absolute atomic E-state index is 0.0203. The van der Waals surface area contributed by atoms with Crippen LogP contribution in [0.25, 0.3) is 0 Å². The summed E-state index contributed by atoms with van der Waals surface area (Å²) < 4.78 is 18.8. The van der Waals surface area contributed by atoms with Crippen LogP contribution in [0.4, 0.5) is 10.1 Å². The number of carbonyl (C=O) groups excluding carboxylic acids is 2. The summed E-state index contributed by atoms with van der Waals surface area (Å²) in [6.07, 6.45) is 1.58. The molecule has 1 aromatic rings. The summed E-state index contributed by atoms with van der Waals surface area (Å²) in [5, 5.41) is 3.13. The van der Waals surface area contributed by atoms with Gasteiger partial charge in [0.05, 0.1) is 17.2 Å². The fourth-order valence-corrected chi connectivity index (χ4v) is 2.46. The molecule has 2 rings (SSSR count). The highest BCUT2D eigenvalue weighted by atomic mass is 19.1. The largest absolute Gasteiger partial charge is 0.396 e. The first kappa shape index (κ1) is 15.4. The predicted molar refractivity (Wildman–Crippen MR) is 76.2 cm³/mol. The SMILES string of the molecule is CCc1c(C(=O)OC(=O)C2CCNCC2)ccc(N)c1F. The van der Waals surface area contributed by atoms with Gasteiger partial charge in [0.1, 0.15) is 5.82 Å². The minimum atomic E-state index is -0.811. The summed E-state index contributed by atoms with van der Waals surface area (Å²) in [5.74, 6) is -2.25. The molecule has 0 spiro atoms. The van der Waals surface area contributed by atoms with E-state index in [1.807, 2.05) is 0 Å². The van der Waals surface area contributed by atoms with Gasteiger partial charge >= 0.3 is 11.9 Å². The van der Waals surface area contributed by atoms with Crippen molar-refractivity contribution in [3.05, 3.63) is 29.1 Å². The van der Waals surface area contributed by atoms with E-state index in [2.05, 4.69) is 5.32 Å². The van der Waals surface area contributed by atoms with Crippen molar-refractivity contribution >= 4 is 17.6 Å². The maximum Gasteiger partial charge on any atom is 0.346 e. The van der Waals surface area contributed by atoms with E-state index in [4.69, 9.17) is 10.5 Å². The highest BCUT2D eigenvalue weighted by Crippen LogP contribution is 2.22. The summed E-state index contributed by atoms with van der Waals surface area (Å²) in [6.45, 7) is 3.17. The summed E-state index contributed by atoms with van der Waals surface area (Å²) in [6, 6.07) is 2.70. The molecule has 3 N–H and O–H groups in total. The third-order valence-corrected chi connectivity index (χ3v) is 3.71. The molecule has 1 aromatic carbocycles. The van der Waals surface area contributed by atoms with Crippen LogP contribution in [-0.2, 0) is 16.0 Å². The Labute approximate surface area is 122 Å². The molecule has 0 radical (unpaired) electrons. The van der Waals surface area contributed by atoms with E-state index >= 15 is 0 Å². The van der Waals surface area contributed by atoms with Gasteiger partial charge < -0.3 is 15.8 Å². The number of rotatable bonds is 3. The normalized spacial score (nSPS) is 15.7. The second kappa shape index (κ2) is 6.67. The van der Waals surface area contributed by atoms with Crippen molar-refractivity contribution in [1.29, 1.82) is 0 Å². The number of benzene rings is 1. The molecule has 1 fully saturated rings. The highest BCUT2D eigenvalue weighted by molar-refractivity contribution is 5.98. The first-order valence-electron chi connectivity index (χ1n) is 7.08. The number of anilines is 1. The molecule has 0 unspecified atom stereocenters. The molecule has 0 saturated carbocycles. The number of piperidine rings is 1. The molecule has 21 heavy (non-hydrogen) atoms. The third kappa shape index (κ3) is 3.39. The van der Waals surface area contributed by atoms with E-state index in [0.29, 0.717) is 19.3 Å². The van der Waals surface area contributed by atoms with E-state index in [-0.39, 0.29) is 22.7 Å². The van der Waals surface area contributed by atoms with Gasteiger partial charge in [0.2, 0.25) is 0 Å². The lowest BCUT2D eigenvalue weighted by Crippen LogP contribution is -2.33. The topological polar surface area (TPSA) is 81.4 Å². The van der Waals surface area contributed by atoms with Gasteiger partial charge in [-0.2, -0.15) is 0 Å². The minimum Gasteiger partial charge on any atom is -0.396 e. The Morgan fingerprint density at radius 3 is 2.67 bits per heavy atom. The standard InChI is InChI=1S/C15H19FN2O3/c1-2-10-11(3-4-12(17)13(10)16)15(20)21-14(19)9-5-7-18-8-6-9/h3-4,9,18H,2,5-8,17H2,1H3. The van der Waals surface area contributed by atoms with Crippen molar-refractivity contribution in [2.24, 2.45) is 5.92 Å². The zero-order valence-electron chi connectivity index (χ0n) is 11.9. The van der Waals surface area contributed by atoms with Gasteiger partial charge in [0.15, 0.2) is 0 Å². The Kier molecular flexibility index (Phi) is 4.90. The van der Waals surface area contributed by atoms with Crippen LogP contribution < -0.4 is 11.1 Å². The second-order valence-electron chi connectivity index (χ2n) is 5.08. The number of nitrogen functional groups attached to an aromatic ring is 1. The van der Waals surface area contributed by atoms with E-state index in [9.17, 15) is 14.0 Å². The Morgan fingerprint density at radius 1 is 1.38 bits per heavy atom. The second-order valence-corrected chi connectivity index (χ2v) is 5.08. The molecule has 1 heterocycles. The molecular formula is C15H19FN2O3. The van der Waals surface area contributed by atoms with Crippen molar-refractivity contribution in [2.75, 3.05) is 18.8 Å². The predicted octanol–water partition coefficient (Wildman–Crippen LogP) is 1.65. The monoisotopic (exact) mass is 294 g/mol. The molecule has 0 amide bonds. The smallest absolute Gasteiger partial charge is 0.346 e. The van der Waals surface area contributed by atoms with Crippen LogP contribution >= 0.6 is 0 Å². The van der Waals surface area contributed by atoms with Crippen LogP contribution in [0.3, 0.4) is 0 Å². The number of halogens is 1. The summed E-state index contributed by atoms with van der Waals surface area (Å²) in [4.78, 5) is 24.0. The van der Waals surface area contributed by atoms with Crippen LogP contribution in [-0.4, -0.2) is 25.0 Å². The first-order valence-corrected chi connectivity index (χ1v) is 7.08. The number of hydrogen-bond acceptors (Lipinski definition) is 5. The quantitative estimate of drug-likeness (QED) is 0.503. The molecule has 0 aliphatic carbocycles. The van der Waals surface area contributed by atoms with Crippen molar-refractivity contribution in [3.63, 3.8) is 0 Å². The van der Waals surface area contributed by atoms with Gasteiger partial charge in [-0.3, -0.25) is 4.79 Å². The van der Waals surface area contributed by atoms with Gasteiger partial charge in [-0.15, -0.1) is 0 Å². The molecule has 1 aliphatic heterocycles. The van der Waals surface area contributed by atoms with Crippen LogP contribution in [0.2, 0.25) is 0 Å². The highest BCUT2D eigenvalue weighted by Gasteiger charge is 2.26. The fourth-order valence-electron chi connectivity index (χ4n) is 2.46. The van der Waals surface area contributed by atoms with Crippen molar-refractivity contribution < 1.29 is 18.7 Å². The Bertz CT molecular complexity index is 554. The van der Waals surface area contributed by atoms with Gasteiger partial charge in [-0.05, 0) is 44.5 Å². The Hall–Kier alpha value is -1.95. The van der Waals surface area contributed by atoms with Gasteiger partial charge in [0.25, 0.3) is 0 Å². The Morgan fingerprint density at radius 2 is 2.05 bits per heavy atom. The van der Waals surface area contributed by atoms with E-state index in [1.54, 1.807) is 6.92 Å². The third-order valence-electron chi connectivity index (χ3n) is 3.71. The van der Waals surface area contributed by atoms with Crippen molar-refractivity contribution in [3.8, 4) is 0 Å². The van der Waals surface area contributed by atoms with Crippen LogP contribution in [0.15, 0.2) is 12.1 Å². The molecular weight excluding hydrogens is 275 g/mol. The summed E-state index contributed by atoms with van der Waals surface area (Å²) in [7, 11) is 0. The van der Waals surface area contributed by atoms with Crippen molar-refractivity contribution in [2.45, 2.75) is 26.2 Å².